The number of rotatable bonds is 4. The number of ether oxygens (including phenoxy) is 1. The minimum Gasteiger partial charge on any atom is -0.383 e. The Morgan fingerprint density at radius 3 is 2.76 bits per heavy atom. The van der Waals surface area contributed by atoms with Crippen LogP contribution in [0.5, 0.6) is 0 Å². The van der Waals surface area contributed by atoms with Crippen molar-refractivity contribution in [3.05, 3.63) is 0 Å². The van der Waals surface area contributed by atoms with Crippen molar-refractivity contribution in [2.45, 2.75) is 37.8 Å². The maximum Gasteiger partial charge on any atom is 0.0656 e. The molecule has 0 radical (unpaired) electrons. The van der Waals surface area contributed by atoms with Crippen molar-refractivity contribution in [2.75, 3.05) is 46.4 Å². The molecule has 2 aliphatic heterocycles. The third kappa shape index (κ3) is 2.81. The molecule has 0 aliphatic carbocycles. The topological polar surface area (TPSA) is 41.7 Å². The Balaban J connectivity index is 2.03. The lowest BCUT2D eigenvalue weighted by Gasteiger charge is -2.40. The van der Waals surface area contributed by atoms with Crippen LogP contribution < -0.4 is 5.73 Å². The molecular formula is C13H27N3O. The SMILES string of the molecule is COCC(C)(CN)N1CCCN2CCCC2C1. The van der Waals surface area contributed by atoms with Crippen LogP contribution >= 0.6 is 0 Å². The van der Waals surface area contributed by atoms with E-state index in [1.54, 1.807) is 7.11 Å². The van der Waals surface area contributed by atoms with Crippen molar-refractivity contribution in [1.29, 1.82) is 0 Å². The van der Waals surface area contributed by atoms with Crippen LogP contribution in [-0.4, -0.2) is 67.8 Å². The summed E-state index contributed by atoms with van der Waals surface area (Å²) in [5.41, 5.74) is 5.98. The van der Waals surface area contributed by atoms with Gasteiger partial charge in [0, 0.05) is 32.8 Å². The molecule has 4 heteroatoms. The van der Waals surface area contributed by atoms with Gasteiger partial charge in [0.25, 0.3) is 0 Å². The second kappa shape index (κ2) is 5.65. The smallest absolute Gasteiger partial charge is 0.0656 e. The minimum atomic E-state index is 0.00729. The van der Waals surface area contributed by atoms with Crippen molar-refractivity contribution in [1.82, 2.24) is 9.80 Å². The Hall–Kier alpha value is -0.160. The van der Waals surface area contributed by atoms with E-state index >= 15 is 0 Å². The predicted molar refractivity (Wildman–Crippen MR) is 70.1 cm³/mol. The second-order valence-electron chi connectivity index (χ2n) is 5.77. The third-order valence-corrected chi connectivity index (χ3v) is 4.46. The molecule has 4 nitrogen and oxygen atoms in total. The maximum absolute atomic E-state index is 5.98. The van der Waals surface area contributed by atoms with Crippen LogP contribution in [0, 0.1) is 0 Å². The number of nitrogens with zero attached hydrogens (tertiary/aromatic N) is 2. The summed E-state index contributed by atoms with van der Waals surface area (Å²) >= 11 is 0. The molecule has 0 saturated carbocycles. The lowest BCUT2D eigenvalue weighted by Crippen LogP contribution is -2.56. The molecule has 2 N–H and O–H groups in total. The van der Waals surface area contributed by atoms with Crippen LogP contribution in [0.3, 0.4) is 0 Å². The van der Waals surface area contributed by atoms with Gasteiger partial charge in [0.15, 0.2) is 0 Å². The fraction of sp³-hybridized carbons (Fsp3) is 1.00. The number of fused-ring (bicyclic) bond motifs is 1. The fourth-order valence-corrected chi connectivity index (χ4v) is 3.29. The van der Waals surface area contributed by atoms with Crippen LogP contribution in [0.1, 0.15) is 26.2 Å². The molecule has 2 rings (SSSR count). The standard InChI is InChI=1S/C13H27N3O/c1-13(10-14,11-17-2)16-8-4-7-15-6-3-5-12(15)9-16/h12H,3-11,14H2,1-2H3. The summed E-state index contributed by atoms with van der Waals surface area (Å²) in [6.45, 7) is 8.52. The molecule has 0 bridgehead atoms. The Morgan fingerprint density at radius 2 is 2.06 bits per heavy atom. The molecule has 2 saturated heterocycles. The molecule has 0 aromatic rings. The summed E-state index contributed by atoms with van der Waals surface area (Å²) < 4.78 is 5.37. The Labute approximate surface area is 105 Å². The third-order valence-electron chi connectivity index (χ3n) is 4.46. The van der Waals surface area contributed by atoms with Crippen LogP contribution in [0.2, 0.25) is 0 Å². The van der Waals surface area contributed by atoms with Gasteiger partial charge in [-0.25, -0.2) is 0 Å². The highest BCUT2D eigenvalue weighted by Crippen LogP contribution is 2.25. The molecule has 2 heterocycles. The first kappa shape index (κ1) is 13.3. The normalized spacial score (nSPS) is 30.9. The highest BCUT2D eigenvalue weighted by Gasteiger charge is 2.36. The van der Waals surface area contributed by atoms with E-state index in [0.29, 0.717) is 6.54 Å². The zero-order valence-electron chi connectivity index (χ0n) is 11.3. The van der Waals surface area contributed by atoms with Gasteiger partial charge >= 0.3 is 0 Å². The van der Waals surface area contributed by atoms with Crippen molar-refractivity contribution in [3.63, 3.8) is 0 Å². The van der Waals surface area contributed by atoms with Gasteiger partial charge in [0.05, 0.1) is 12.1 Å². The zero-order valence-corrected chi connectivity index (χ0v) is 11.3. The van der Waals surface area contributed by atoms with E-state index in [-0.39, 0.29) is 5.54 Å². The fourth-order valence-electron chi connectivity index (χ4n) is 3.29. The average Bonchev–Trinajstić information content (AvgIpc) is 2.66. The lowest BCUT2D eigenvalue weighted by atomic mass is 10.00. The van der Waals surface area contributed by atoms with Crippen LogP contribution in [0.4, 0.5) is 0 Å². The zero-order chi connectivity index (χ0) is 12.3. The van der Waals surface area contributed by atoms with Crippen molar-refractivity contribution >= 4 is 0 Å². The van der Waals surface area contributed by atoms with Gasteiger partial charge in [0.1, 0.15) is 0 Å². The van der Waals surface area contributed by atoms with Gasteiger partial charge in [-0.2, -0.15) is 0 Å². The van der Waals surface area contributed by atoms with E-state index in [1.807, 2.05) is 0 Å². The van der Waals surface area contributed by atoms with E-state index in [2.05, 4.69) is 16.7 Å². The largest absolute Gasteiger partial charge is 0.383 e. The van der Waals surface area contributed by atoms with Crippen molar-refractivity contribution in [2.24, 2.45) is 5.73 Å². The molecule has 100 valence electrons. The number of nitrogens with two attached hydrogens (primary N) is 1. The Kier molecular flexibility index (Phi) is 4.42. The van der Waals surface area contributed by atoms with Gasteiger partial charge in [-0.05, 0) is 39.3 Å². The summed E-state index contributed by atoms with van der Waals surface area (Å²) in [4.78, 5) is 5.22. The second-order valence-corrected chi connectivity index (χ2v) is 5.77. The van der Waals surface area contributed by atoms with Crippen molar-refractivity contribution in [3.8, 4) is 0 Å². The molecule has 17 heavy (non-hydrogen) atoms. The molecule has 2 atom stereocenters. The molecule has 2 unspecified atom stereocenters. The quantitative estimate of drug-likeness (QED) is 0.779. The van der Waals surface area contributed by atoms with E-state index in [0.717, 1.165) is 25.7 Å². The molecule has 0 aromatic carbocycles. The number of methoxy groups -OCH3 is 1. The summed E-state index contributed by atoms with van der Waals surface area (Å²) in [6.07, 6.45) is 3.97. The lowest BCUT2D eigenvalue weighted by molar-refractivity contribution is 0.0232. The van der Waals surface area contributed by atoms with Gasteiger partial charge < -0.3 is 10.5 Å². The van der Waals surface area contributed by atoms with Gasteiger partial charge in [-0.15, -0.1) is 0 Å². The summed E-state index contributed by atoms with van der Waals surface area (Å²) in [5.74, 6) is 0. The number of hydrogen-bond donors (Lipinski definition) is 1. The number of hydrogen-bond acceptors (Lipinski definition) is 4. The molecule has 0 amide bonds. The molecular weight excluding hydrogens is 214 g/mol. The van der Waals surface area contributed by atoms with E-state index in [9.17, 15) is 0 Å². The van der Waals surface area contributed by atoms with Crippen LogP contribution in [0.25, 0.3) is 0 Å². The monoisotopic (exact) mass is 241 g/mol. The summed E-state index contributed by atoms with van der Waals surface area (Å²) in [6, 6.07) is 0.750. The first-order valence-corrected chi connectivity index (χ1v) is 6.88. The molecule has 0 aromatic heterocycles. The molecule has 0 spiro atoms. The van der Waals surface area contributed by atoms with Gasteiger partial charge in [-0.1, -0.05) is 0 Å². The minimum absolute atomic E-state index is 0.00729. The highest BCUT2D eigenvalue weighted by atomic mass is 16.5. The first-order valence-electron chi connectivity index (χ1n) is 6.88. The Morgan fingerprint density at radius 1 is 1.29 bits per heavy atom. The summed E-state index contributed by atoms with van der Waals surface area (Å²) in [5, 5.41) is 0. The van der Waals surface area contributed by atoms with Crippen LogP contribution in [0.15, 0.2) is 0 Å². The van der Waals surface area contributed by atoms with Gasteiger partial charge in [0.2, 0.25) is 0 Å². The van der Waals surface area contributed by atoms with Crippen molar-refractivity contribution < 1.29 is 4.74 Å². The average molecular weight is 241 g/mol. The van der Waals surface area contributed by atoms with Crippen LogP contribution in [-0.2, 0) is 4.74 Å². The van der Waals surface area contributed by atoms with E-state index < -0.39 is 0 Å². The van der Waals surface area contributed by atoms with E-state index in [1.165, 1.54) is 32.4 Å². The Bertz CT molecular complexity index is 249. The molecule has 2 aliphatic rings. The molecule has 2 fully saturated rings. The highest BCUT2D eigenvalue weighted by molar-refractivity contribution is 4.93. The van der Waals surface area contributed by atoms with E-state index in [4.69, 9.17) is 10.5 Å². The van der Waals surface area contributed by atoms with Gasteiger partial charge in [-0.3, -0.25) is 9.80 Å². The first-order chi connectivity index (χ1) is 8.19. The predicted octanol–water partition coefficient (Wildman–Crippen LogP) is 0.520. The summed E-state index contributed by atoms with van der Waals surface area (Å²) in [7, 11) is 1.77. The maximum atomic E-state index is 5.98.